The van der Waals surface area contributed by atoms with Crippen molar-refractivity contribution in [2.45, 2.75) is 58.8 Å². The van der Waals surface area contributed by atoms with Crippen molar-refractivity contribution >= 4 is 19.3 Å². The highest BCUT2D eigenvalue weighted by Gasteiger charge is 2.35. The highest BCUT2D eigenvalue weighted by molar-refractivity contribution is 6.28. The highest BCUT2D eigenvalue weighted by atomic mass is 16.7. The summed E-state index contributed by atoms with van der Waals surface area (Å²) in [4.78, 5) is 33.7. The summed E-state index contributed by atoms with van der Waals surface area (Å²) >= 11 is 0. The van der Waals surface area contributed by atoms with Crippen molar-refractivity contribution in [1.82, 2.24) is 0 Å². The monoisotopic (exact) mass is 764 g/mol. The molecule has 5 rings (SSSR count). The number of hydrogen-bond donors (Lipinski definition) is 0. The smallest absolute Gasteiger partial charge is 0.408 e. The molecule has 0 saturated carbocycles. The van der Waals surface area contributed by atoms with Crippen LogP contribution in [-0.4, -0.2) is 52.3 Å². The minimum atomic E-state index is -2.23. The Hall–Kier alpha value is -5.56. The number of pyridine rings is 2. The van der Waals surface area contributed by atoms with Crippen LogP contribution in [0.2, 0.25) is 0 Å². The van der Waals surface area contributed by atoms with E-state index in [1.54, 1.807) is 48.8 Å². The van der Waals surface area contributed by atoms with E-state index in [1.165, 1.54) is 26.2 Å². The van der Waals surface area contributed by atoms with Gasteiger partial charge in [0, 0.05) is 45.7 Å². The van der Waals surface area contributed by atoms with Gasteiger partial charge < -0.3 is 24.2 Å². The first-order valence-electron chi connectivity index (χ1n) is 19.0. The summed E-state index contributed by atoms with van der Waals surface area (Å²) < 4.78 is 17.6. The van der Waals surface area contributed by atoms with Gasteiger partial charge in [-0.1, -0.05) is 105 Å². The van der Waals surface area contributed by atoms with Crippen LogP contribution in [0.3, 0.4) is 0 Å². The summed E-state index contributed by atoms with van der Waals surface area (Å²) in [6.07, 6.45) is 6.34. The van der Waals surface area contributed by atoms with Crippen LogP contribution in [0.5, 0.6) is 0 Å². The van der Waals surface area contributed by atoms with Gasteiger partial charge in [0.2, 0.25) is 12.4 Å². The number of aromatic nitrogens is 2. The van der Waals surface area contributed by atoms with Gasteiger partial charge in [-0.25, -0.2) is 9.59 Å². The maximum atomic E-state index is 11.6. The summed E-state index contributed by atoms with van der Waals surface area (Å²) in [7, 11) is -2.23. The van der Waals surface area contributed by atoms with Crippen molar-refractivity contribution in [3.8, 4) is 0 Å². The van der Waals surface area contributed by atoms with Crippen molar-refractivity contribution in [2.24, 2.45) is 0 Å². The summed E-state index contributed by atoms with van der Waals surface area (Å²) in [5.41, 5.74) is 3.99. The van der Waals surface area contributed by atoms with E-state index in [-0.39, 0.29) is 24.0 Å². The number of rotatable bonds is 18. The molecule has 5 aromatic rings. The Morgan fingerprint density at radius 3 is 1.27 bits per heavy atom. The predicted octanol–water partition coefficient (Wildman–Crippen LogP) is 4.50. The Labute approximate surface area is 331 Å². The van der Waals surface area contributed by atoms with Gasteiger partial charge in [-0.3, -0.25) is 9.68 Å². The quantitative estimate of drug-likeness (QED) is 0.0416. The van der Waals surface area contributed by atoms with E-state index in [1.807, 2.05) is 82.3 Å². The van der Waals surface area contributed by atoms with Gasteiger partial charge in [0.15, 0.2) is 13.2 Å². The van der Waals surface area contributed by atoms with Crippen LogP contribution in [0.1, 0.15) is 91.0 Å². The van der Waals surface area contributed by atoms with Crippen LogP contribution in [0.4, 0.5) is 0 Å². The molecule has 11 nitrogen and oxygen atoms in total. The normalized spacial score (nSPS) is 10.5. The molecule has 0 spiro atoms. The molecule has 296 valence electrons. The van der Waals surface area contributed by atoms with Crippen molar-refractivity contribution in [1.29, 1.82) is 0 Å². The zero-order valence-corrected chi connectivity index (χ0v) is 32.8. The summed E-state index contributed by atoms with van der Waals surface area (Å²) in [5.74, 6) is -0.711. The molecular formula is C44H53BN2O9. The number of carbonyl (C=O) groups is 2. The molecule has 0 aliphatic heterocycles. The molecule has 3 aromatic carbocycles. The van der Waals surface area contributed by atoms with Gasteiger partial charge in [0.25, 0.3) is 0 Å². The van der Waals surface area contributed by atoms with Crippen LogP contribution in [0.15, 0.2) is 140 Å². The first-order chi connectivity index (χ1) is 27.3. The molecular weight excluding hydrogens is 711 g/mol. The Bertz CT molecular complexity index is 1670. The molecule has 0 aliphatic rings. The standard InChI is InChI=1S/C22H21BO3.2C11H16NO3/c24-23(25)26-18-10-17-22(19-11-4-1-5-12-19,20-13-6-2-7-14-20)21-15-8-3-9-16-21;2*1-3-9-14-11(13)10-7-5-6-8-12(10)15-4-2/h1-9,11-16H,10,17-18H2;2*5-8H,3-4,9H2,1-2H3/q-2;2*+1. The van der Waals surface area contributed by atoms with Crippen molar-refractivity contribution < 1.29 is 52.9 Å². The lowest BCUT2D eigenvalue weighted by molar-refractivity contribution is -0.892. The van der Waals surface area contributed by atoms with E-state index < -0.39 is 7.32 Å². The zero-order chi connectivity index (χ0) is 40.4. The Morgan fingerprint density at radius 1 is 0.554 bits per heavy atom. The van der Waals surface area contributed by atoms with E-state index in [2.05, 4.69) is 36.4 Å². The van der Waals surface area contributed by atoms with Crippen LogP contribution >= 0.6 is 0 Å². The molecule has 0 radical (unpaired) electrons. The van der Waals surface area contributed by atoms with Gasteiger partial charge >= 0.3 is 23.3 Å². The number of hydrogen-bond acceptors (Lipinski definition) is 9. The molecule has 0 amide bonds. The van der Waals surface area contributed by atoms with Crippen molar-refractivity contribution in [3.63, 3.8) is 0 Å². The fourth-order valence-electron chi connectivity index (χ4n) is 5.83. The number of nitrogens with zero attached hydrogens (tertiary/aromatic N) is 2. The first-order valence-corrected chi connectivity index (χ1v) is 19.0. The number of carbonyl (C=O) groups excluding carboxylic acids is 2. The molecule has 0 unspecified atom stereocenters. The first kappa shape index (κ1) is 44.8. The van der Waals surface area contributed by atoms with Gasteiger partial charge in [-0.15, -0.1) is 0 Å². The zero-order valence-electron chi connectivity index (χ0n) is 32.8. The fourth-order valence-corrected chi connectivity index (χ4v) is 5.83. The van der Waals surface area contributed by atoms with Gasteiger partial charge in [-0.05, 0) is 68.4 Å². The molecule has 12 heteroatoms. The van der Waals surface area contributed by atoms with E-state index in [0.717, 1.165) is 19.3 Å². The highest BCUT2D eigenvalue weighted by Crippen LogP contribution is 2.42. The SMILES string of the molecule is CCCOC(=O)c1cccc[n+]1OCC.CCCOC(=O)c1cccc[n+]1OCC.[O-]B([O-])OCCCC(c1ccccc1)(c1ccccc1)c1ccccc1. The van der Waals surface area contributed by atoms with Gasteiger partial charge in [-0.2, -0.15) is 0 Å². The Morgan fingerprint density at radius 2 is 0.929 bits per heavy atom. The Balaban J connectivity index is 0.000000241. The molecule has 0 N–H and O–H groups in total. The molecule has 0 saturated heterocycles. The summed E-state index contributed by atoms with van der Waals surface area (Å²) in [6, 6.07) is 41.5. The third kappa shape index (κ3) is 13.9. The van der Waals surface area contributed by atoms with Gasteiger partial charge in [0.05, 0.1) is 20.5 Å². The van der Waals surface area contributed by atoms with Crippen molar-refractivity contribution in [2.75, 3.05) is 33.0 Å². The predicted molar refractivity (Wildman–Crippen MR) is 209 cm³/mol. The Kier molecular flexibility index (Phi) is 20.4. The van der Waals surface area contributed by atoms with Crippen LogP contribution in [0.25, 0.3) is 0 Å². The molecule has 0 atom stereocenters. The molecule has 0 fully saturated rings. The topological polar surface area (TPSA) is 134 Å². The van der Waals surface area contributed by atoms with Gasteiger partial charge in [0.1, 0.15) is 0 Å². The van der Waals surface area contributed by atoms with Crippen LogP contribution in [0, 0.1) is 0 Å². The number of esters is 2. The summed E-state index contributed by atoms with van der Waals surface area (Å²) in [5, 5.41) is 21.4. The molecule has 0 aliphatic carbocycles. The lowest BCUT2D eigenvalue weighted by Crippen LogP contribution is -2.48. The van der Waals surface area contributed by atoms with E-state index in [9.17, 15) is 19.6 Å². The average molecular weight is 765 g/mol. The van der Waals surface area contributed by atoms with Crippen molar-refractivity contribution in [3.05, 3.63) is 168 Å². The van der Waals surface area contributed by atoms with E-state index in [4.69, 9.17) is 23.8 Å². The second-order valence-electron chi connectivity index (χ2n) is 12.2. The minimum Gasteiger partial charge on any atom is -0.871 e. The maximum Gasteiger partial charge on any atom is 0.408 e. The average Bonchev–Trinajstić information content (AvgIpc) is 3.24. The fraction of sp³-hybridized carbons (Fsp3) is 0.318. The van der Waals surface area contributed by atoms with E-state index in [0.29, 0.717) is 44.2 Å². The third-order valence-electron chi connectivity index (χ3n) is 8.23. The molecule has 2 heterocycles. The third-order valence-corrected chi connectivity index (χ3v) is 8.23. The molecule has 56 heavy (non-hydrogen) atoms. The lowest BCUT2D eigenvalue weighted by Gasteiger charge is -2.37. The lowest BCUT2D eigenvalue weighted by atomic mass is 9.67. The summed E-state index contributed by atoms with van der Waals surface area (Å²) in [6.45, 7) is 9.66. The molecule has 2 aromatic heterocycles. The minimum absolute atomic E-state index is 0.159. The largest absolute Gasteiger partial charge is 0.871 e. The number of ether oxygens (including phenoxy) is 2. The second kappa shape index (κ2) is 25.5. The maximum absolute atomic E-state index is 11.6. The number of benzene rings is 3. The van der Waals surface area contributed by atoms with Crippen LogP contribution < -0.4 is 29.2 Å². The van der Waals surface area contributed by atoms with E-state index >= 15 is 0 Å². The molecule has 0 bridgehead atoms. The van der Waals surface area contributed by atoms with Crippen LogP contribution in [-0.2, 0) is 19.5 Å². The second-order valence-corrected chi connectivity index (χ2v) is 12.2.